The Balaban J connectivity index is 1.75. The average molecular weight is 237 g/mol. The van der Waals surface area contributed by atoms with Gasteiger partial charge in [0.2, 0.25) is 0 Å². The van der Waals surface area contributed by atoms with E-state index in [1.807, 2.05) is 11.3 Å². The summed E-state index contributed by atoms with van der Waals surface area (Å²) in [4.78, 5) is 2.97. The van der Waals surface area contributed by atoms with E-state index in [4.69, 9.17) is 10.5 Å². The van der Waals surface area contributed by atoms with Gasteiger partial charge in [-0.1, -0.05) is 0 Å². The molecule has 3 rings (SSSR count). The highest BCUT2D eigenvalue weighted by atomic mass is 32.1. The van der Waals surface area contributed by atoms with E-state index in [2.05, 4.69) is 6.07 Å². The molecule has 3 heteroatoms. The molecule has 2 heterocycles. The maximum Gasteiger partial charge on any atom is 0.0512 e. The Kier molecular flexibility index (Phi) is 3.01. The molecule has 2 unspecified atom stereocenters. The maximum atomic E-state index is 6.36. The van der Waals surface area contributed by atoms with Crippen LogP contribution in [0.4, 0.5) is 0 Å². The lowest BCUT2D eigenvalue weighted by Gasteiger charge is -2.26. The molecule has 2 nitrogen and oxygen atoms in total. The van der Waals surface area contributed by atoms with Gasteiger partial charge in [0.05, 0.1) is 6.61 Å². The third-order valence-corrected chi connectivity index (χ3v) is 5.14. The van der Waals surface area contributed by atoms with Crippen LogP contribution in [0.2, 0.25) is 0 Å². The van der Waals surface area contributed by atoms with Crippen LogP contribution in [0.5, 0.6) is 0 Å². The van der Waals surface area contributed by atoms with Gasteiger partial charge in [-0.3, -0.25) is 0 Å². The number of hydrogen-bond acceptors (Lipinski definition) is 3. The Morgan fingerprint density at radius 3 is 3.06 bits per heavy atom. The topological polar surface area (TPSA) is 35.2 Å². The molecule has 1 aliphatic carbocycles. The minimum absolute atomic E-state index is 0.205. The summed E-state index contributed by atoms with van der Waals surface area (Å²) in [5.74, 6) is 0.535. The van der Waals surface area contributed by atoms with Gasteiger partial charge in [-0.2, -0.15) is 0 Å². The molecule has 1 saturated heterocycles. The lowest BCUT2D eigenvalue weighted by molar-refractivity contribution is 0.0452. The van der Waals surface area contributed by atoms with E-state index in [0.29, 0.717) is 5.92 Å². The van der Waals surface area contributed by atoms with Crippen LogP contribution in [0, 0.1) is 5.92 Å². The smallest absolute Gasteiger partial charge is 0.0512 e. The summed E-state index contributed by atoms with van der Waals surface area (Å²) in [5.41, 5.74) is 7.92. The minimum atomic E-state index is 0.205. The molecule has 1 aliphatic heterocycles. The van der Waals surface area contributed by atoms with Crippen molar-refractivity contribution in [3.05, 3.63) is 21.4 Å². The predicted octanol–water partition coefficient (Wildman–Crippen LogP) is 2.66. The van der Waals surface area contributed by atoms with E-state index in [1.165, 1.54) is 37.0 Å². The van der Waals surface area contributed by atoms with Crippen LogP contribution in [0.25, 0.3) is 0 Å². The van der Waals surface area contributed by atoms with Gasteiger partial charge in [-0.15, -0.1) is 11.3 Å². The summed E-state index contributed by atoms with van der Waals surface area (Å²) in [5, 5.41) is 0. The molecule has 16 heavy (non-hydrogen) atoms. The van der Waals surface area contributed by atoms with Crippen LogP contribution in [0.1, 0.15) is 40.6 Å². The first-order valence-corrected chi connectivity index (χ1v) is 7.11. The fraction of sp³-hybridized carbons (Fsp3) is 0.692. The summed E-state index contributed by atoms with van der Waals surface area (Å²) in [7, 11) is 0. The highest BCUT2D eigenvalue weighted by molar-refractivity contribution is 7.12. The van der Waals surface area contributed by atoms with E-state index in [0.717, 1.165) is 13.2 Å². The second-order valence-electron chi connectivity index (χ2n) is 4.95. The largest absolute Gasteiger partial charge is 0.381 e. The molecule has 0 bridgehead atoms. The molecule has 2 N–H and O–H groups in total. The fourth-order valence-electron chi connectivity index (χ4n) is 2.80. The highest BCUT2D eigenvalue weighted by Gasteiger charge is 2.25. The molecule has 0 spiro atoms. The zero-order chi connectivity index (χ0) is 11.0. The second kappa shape index (κ2) is 4.47. The zero-order valence-corrected chi connectivity index (χ0v) is 10.4. The van der Waals surface area contributed by atoms with Gasteiger partial charge in [0, 0.05) is 28.3 Å². The Bertz CT molecular complexity index is 347. The predicted molar refractivity (Wildman–Crippen MR) is 66.8 cm³/mol. The van der Waals surface area contributed by atoms with Crippen LogP contribution in [-0.4, -0.2) is 13.2 Å². The van der Waals surface area contributed by atoms with Crippen molar-refractivity contribution >= 4 is 11.3 Å². The average Bonchev–Trinajstić information content (AvgIpc) is 2.89. The van der Waals surface area contributed by atoms with Crippen molar-refractivity contribution in [2.45, 2.75) is 38.1 Å². The Labute approximate surface area is 101 Å². The summed E-state index contributed by atoms with van der Waals surface area (Å²) < 4.78 is 5.53. The van der Waals surface area contributed by atoms with Crippen molar-refractivity contribution in [2.24, 2.45) is 11.7 Å². The number of hydrogen-bond donors (Lipinski definition) is 1. The van der Waals surface area contributed by atoms with Gasteiger partial charge in [0.25, 0.3) is 0 Å². The third kappa shape index (κ3) is 1.92. The van der Waals surface area contributed by atoms with E-state index >= 15 is 0 Å². The molecule has 2 atom stereocenters. The first-order valence-electron chi connectivity index (χ1n) is 6.29. The van der Waals surface area contributed by atoms with Gasteiger partial charge in [0.1, 0.15) is 0 Å². The first kappa shape index (κ1) is 10.8. The van der Waals surface area contributed by atoms with Gasteiger partial charge in [0.15, 0.2) is 0 Å². The number of ether oxygens (including phenoxy) is 1. The Hall–Kier alpha value is -0.380. The molecule has 1 fully saturated rings. The third-order valence-electron chi connectivity index (χ3n) is 3.80. The van der Waals surface area contributed by atoms with Crippen molar-refractivity contribution in [1.29, 1.82) is 0 Å². The molecule has 0 saturated carbocycles. The molecule has 1 aromatic rings. The summed E-state index contributed by atoms with van der Waals surface area (Å²) in [6.45, 7) is 1.77. The number of aryl methyl sites for hydroxylation is 2. The van der Waals surface area contributed by atoms with Crippen LogP contribution < -0.4 is 5.73 Å². The molecule has 2 aliphatic rings. The number of fused-ring (bicyclic) bond motifs is 1. The summed E-state index contributed by atoms with van der Waals surface area (Å²) >= 11 is 1.94. The number of rotatable bonds is 2. The molecular formula is C13H19NOS. The van der Waals surface area contributed by atoms with Crippen molar-refractivity contribution in [1.82, 2.24) is 0 Å². The lowest BCUT2D eigenvalue weighted by Crippen LogP contribution is -2.28. The highest BCUT2D eigenvalue weighted by Crippen LogP contribution is 2.36. The minimum Gasteiger partial charge on any atom is -0.381 e. The molecule has 88 valence electrons. The van der Waals surface area contributed by atoms with Crippen LogP contribution >= 0.6 is 11.3 Å². The van der Waals surface area contributed by atoms with Crippen molar-refractivity contribution < 1.29 is 4.74 Å². The molecule has 1 aromatic heterocycles. The Morgan fingerprint density at radius 1 is 1.38 bits per heavy atom. The van der Waals surface area contributed by atoms with E-state index < -0.39 is 0 Å². The first-order chi connectivity index (χ1) is 7.84. The number of thiophene rings is 1. The SMILES string of the molecule is NC(c1cc2c(s1)CCC2)C1CCCOC1. The van der Waals surface area contributed by atoms with Gasteiger partial charge < -0.3 is 10.5 Å². The number of nitrogens with two attached hydrogens (primary N) is 1. The molecular weight excluding hydrogens is 218 g/mol. The zero-order valence-electron chi connectivity index (χ0n) is 9.58. The molecule has 0 aromatic carbocycles. The quantitative estimate of drug-likeness (QED) is 0.858. The monoisotopic (exact) mass is 237 g/mol. The van der Waals surface area contributed by atoms with Crippen molar-refractivity contribution in [3.8, 4) is 0 Å². The summed E-state index contributed by atoms with van der Waals surface area (Å²) in [6.07, 6.45) is 6.27. The fourth-order valence-corrected chi connectivity index (χ4v) is 4.15. The van der Waals surface area contributed by atoms with Gasteiger partial charge in [-0.25, -0.2) is 0 Å². The van der Waals surface area contributed by atoms with E-state index in [-0.39, 0.29) is 6.04 Å². The van der Waals surface area contributed by atoms with Gasteiger partial charge in [-0.05, 0) is 43.7 Å². The van der Waals surface area contributed by atoms with Crippen LogP contribution in [0.3, 0.4) is 0 Å². The van der Waals surface area contributed by atoms with Crippen LogP contribution in [0.15, 0.2) is 6.07 Å². The van der Waals surface area contributed by atoms with E-state index in [1.54, 1.807) is 10.4 Å². The Morgan fingerprint density at radius 2 is 2.31 bits per heavy atom. The lowest BCUT2D eigenvalue weighted by atomic mass is 9.93. The molecule has 0 radical (unpaired) electrons. The van der Waals surface area contributed by atoms with E-state index in [9.17, 15) is 0 Å². The standard InChI is InChI=1S/C13H19NOS/c14-13(10-4-2-6-15-8-10)12-7-9-3-1-5-11(9)16-12/h7,10,13H,1-6,8,14H2. The summed E-state index contributed by atoms with van der Waals surface area (Å²) in [6, 6.07) is 2.56. The van der Waals surface area contributed by atoms with Crippen molar-refractivity contribution in [3.63, 3.8) is 0 Å². The van der Waals surface area contributed by atoms with Crippen molar-refractivity contribution in [2.75, 3.05) is 13.2 Å². The normalized spacial score (nSPS) is 26.7. The molecule has 0 amide bonds. The maximum absolute atomic E-state index is 6.36. The van der Waals surface area contributed by atoms with Crippen LogP contribution in [-0.2, 0) is 17.6 Å². The second-order valence-corrected chi connectivity index (χ2v) is 6.12. The van der Waals surface area contributed by atoms with Gasteiger partial charge >= 0.3 is 0 Å².